The molecule has 0 saturated carbocycles. The largest absolute Gasteiger partial charge is 0.464 e. The van der Waals surface area contributed by atoms with E-state index in [2.05, 4.69) is 9.72 Å². The SMILES string of the molecule is COC(=O)c1cc(N)c2cccc(N)c2n1. The summed E-state index contributed by atoms with van der Waals surface area (Å²) in [6.07, 6.45) is 0. The van der Waals surface area contributed by atoms with Crippen LogP contribution in [0.5, 0.6) is 0 Å². The van der Waals surface area contributed by atoms with Crippen LogP contribution in [0.3, 0.4) is 0 Å². The van der Waals surface area contributed by atoms with E-state index in [9.17, 15) is 4.79 Å². The highest BCUT2D eigenvalue weighted by atomic mass is 16.5. The third kappa shape index (κ3) is 1.52. The van der Waals surface area contributed by atoms with Gasteiger partial charge in [0.05, 0.1) is 18.3 Å². The first-order valence-electron chi connectivity index (χ1n) is 4.66. The molecule has 0 atom stereocenters. The van der Waals surface area contributed by atoms with Gasteiger partial charge in [0, 0.05) is 11.1 Å². The molecule has 1 aromatic heterocycles. The smallest absolute Gasteiger partial charge is 0.356 e. The molecular weight excluding hydrogens is 206 g/mol. The first kappa shape index (κ1) is 10.2. The van der Waals surface area contributed by atoms with Gasteiger partial charge in [-0.3, -0.25) is 0 Å². The summed E-state index contributed by atoms with van der Waals surface area (Å²) in [5, 5.41) is 0.729. The molecule has 2 rings (SSSR count). The minimum absolute atomic E-state index is 0.158. The van der Waals surface area contributed by atoms with E-state index in [0.717, 1.165) is 5.39 Å². The Labute approximate surface area is 92.0 Å². The molecule has 0 unspecified atom stereocenters. The molecule has 0 aliphatic carbocycles. The number of carbonyl (C=O) groups is 1. The van der Waals surface area contributed by atoms with Crippen LogP contribution < -0.4 is 11.5 Å². The molecule has 0 aliphatic heterocycles. The van der Waals surface area contributed by atoms with Gasteiger partial charge in [0.2, 0.25) is 0 Å². The van der Waals surface area contributed by atoms with Crippen molar-refractivity contribution in [2.45, 2.75) is 0 Å². The van der Waals surface area contributed by atoms with Crippen LogP contribution in [0.25, 0.3) is 10.9 Å². The van der Waals surface area contributed by atoms with Gasteiger partial charge < -0.3 is 16.2 Å². The van der Waals surface area contributed by atoms with E-state index in [4.69, 9.17) is 11.5 Å². The van der Waals surface area contributed by atoms with Crippen LogP contribution in [0.4, 0.5) is 11.4 Å². The Morgan fingerprint density at radius 2 is 2.06 bits per heavy atom. The second kappa shape index (κ2) is 3.69. The predicted octanol–water partition coefficient (Wildman–Crippen LogP) is 1.19. The maximum absolute atomic E-state index is 11.3. The third-order valence-electron chi connectivity index (χ3n) is 2.30. The fourth-order valence-corrected chi connectivity index (χ4v) is 1.51. The first-order valence-corrected chi connectivity index (χ1v) is 4.66. The third-order valence-corrected chi connectivity index (χ3v) is 2.30. The standard InChI is InChI=1S/C11H11N3O2/c1-16-11(15)9-5-8(13)6-3-2-4-7(12)10(6)14-9/h2-5H,12H2,1H3,(H2,13,14). The van der Waals surface area contributed by atoms with Crippen molar-refractivity contribution in [3.8, 4) is 0 Å². The summed E-state index contributed by atoms with van der Waals surface area (Å²) < 4.78 is 4.58. The van der Waals surface area contributed by atoms with Crippen molar-refractivity contribution >= 4 is 28.2 Å². The van der Waals surface area contributed by atoms with Crippen LogP contribution in [0.2, 0.25) is 0 Å². The molecule has 0 saturated heterocycles. The monoisotopic (exact) mass is 217 g/mol. The molecule has 0 fully saturated rings. The van der Waals surface area contributed by atoms with Gasteiger partial charge in [-0.15, -0.1) is 0 Å². The van der Waals surface area contributed by atoms with Gasteiger partial charge >= 0.3 is 5.97 Å². The zero-order valence-corrected chi connectivity index (χ0v) is 8.73. The van der Waals surface area contributed by atoms with Crippen molar-refractivity contribution in [2.24, 2.45) is 0 Å². The summed E-state index contributed by atoms with van der Waals surface area (Å²) >= 11 is 0. The van der Waals surface area contributed by atoms with Crippen molar-refractivity contribution in [3.63, 3.8) is 0 Å². The zero-order valence-electron chi connectivity index (χ0n) is 8.73. The lowest BCUT2D eigenvalue weighted by atomic mass is 10.1. The molecule has 2 aromatic rings. The van der Waals surface area contributed by atoms with E-state index in [-0.39, 0.29) is 5.69 Å². The summed E-state index contributed by atoms with van der Waals surface area (Å²) in [4.78, 5) is 15.5. The average molecular weight is 217 g/mol. The molecule has 5 nitrogen and oxygen atoms in total. The number of ether oxygens (including phenoxy) is 1. The van der Waals surface area contributed by atoms with Crippen molar-refractivity contribution < 1.29 is 9.53 Å². The number of pyridine rings is 1. The average Bonchev–Trinajstić information content (AvgIpc) is 2.29. The number of benzene rings is 1. The number of hydrogen-bond acceptors (Lipinski definition) is 5. The maximum atomic E-state index is 11.3. The van der Waals surface area contributed by atoms with Crippen molar-refractivity contribution in [2.75, 3.05) is 18.6 Å². The maximum Gasteiger partial charge on any atom is 0.356 e. The molecule has 0 radical (unpaired) electrons. The lowest BCUT2D eigenvalue weighted by molar-refractivity contribution is 0.0594. The second-order valence-electron chi connectivity index (χ2n) is 3.33. The number of nitrogen functional groups attached to an aromatic ring is 2. The summed E-state index contributed by atoms with van der Waals surface area (Å²) in [6.45, 7) is 0. The molecule has 0 bridgehead atoms. The quantitative estimate of drug-likeness (QED) is 0.553. The van der Waals surface area contributed by atoms with Crippen LogP contribution in [-0.2, 0) is 4.74 Å². The van der Waals surface area contributed by atoms with Gasteiger partial charge in [0.25, 0.3) is 0 Å². The number of nitrogens with two attached hydrogens (primary N) is 2. The number of fused-ring (bicyclic) bond motifs is 1. The number of para-hydroxylation sites is 1. The summed E-state index contributed by atoms with van der Waals surface area (Å²) in [5.41, 5.74) is 13.2. The Kier molecular flexibility index (Phi) is 2.36. The Morgan fingerprint density at radius 3 is 2.75 bits per heavy atom. The number of aromatic nitrogens is 1. The van der Waals surface area contributed by atoms with Crippen molar-refractivity contribution in [3.05, 3.63) is 30.0 Å². The van der Waals surface area contributed by atoms with Gasteiger partial charge in [0.15, 0.2) is 5.69 Å². The fraction of sp³-hybridized carbons (Fsp3) is 0.0909. The molecule has 5 heteroatoms. The Balaban J connectivity index is 2.75. The summed E-state index contributed by atoms with van der Waals surface area (Å²) in [6, 6.07) is 6.77. The lowest BCUT2D eigenvalue weighted by Gasteiger charge is -2.06. The van der Waals surface area contributed by atoms with E-state index < -0.39 is 5.97 Å². The number of hydrogen-bond donors (Lipinski definition) is 2. The van der Waals surface area contributed by atoms with E-state index in [1.54, 1.807) is 18.2 Å². The van der Waals surface area contributed by atoms with Crippen LogP contribution in [0.1, 0.15) is 10.5 Å². The van der Waals surface area contributed by atoms with E-state index >= 15 is 0 Å². The Morgan fingerprint density at radius 1 is 1.31 bits per heavy atom. The molecular formula is C11H11N3O2. The molecule has 1 heterocycles. The number of nitrogens with zero attached hydrogens (tertiary/aromatic N) is 1. The van der Waals surface area contributed by atoms with Crippen LogP contribution in [-0.4, -0.2) is 18.1 Å². The van der Waals surface area contributed by atoms with Gasteiger partial charge in [0.1, 0.15) is 0 Å². The minimum atomic E-state index is -0.531. The number of carbonyl (C=O) groups excluding carboxylic acids is 1. The molecule has 1 aromatic carbocycles. The van der Waals surface area contributed by atoms with Gasteiger partial charge in [-0.05, 0) is 12.1 Å². The lowest BCUT2D eigenvalue weighted by Crippen LogP contribution is -2.06. The molecule has 0 amide bonds. The van der Waals surface area contributed by atoms with E-state index in [0.29, 0.717) is 16.9 Å². The van der Waals surface area contributed by atoms with Crippen molar-refractivity contribution in [1.29, 1.82) is 0 Å². The topological polar surface area (TPSA) is 91.2 Å². The number of anilines is 2. The normalized spacial score (nSPS) is 10.3. The summed E-state index contributed by atoms with van der Waals surface area (Å²) in [5.74, 6) is -0.531. The summed E-state index contributed by atoms with van der Waals surface area (Å²) in [7, 11) is 1.29. The van der Waals surface area contributed by atoms with E-state index in [1.165, 1.54) is 13.2 Å². The highest BCUT2D eigenvalue weighted by molar-refractivity contribution is 6.01. The molecule has 16 heavy (non-hydrogen) atoms. The predicted molar refractivity (Wildman–Crippen MR) is 61.9 cm³/mol. The highest BCUT2D eigenvalue weighted by Crippen LogP contribution is 2.24. The number of methoxy groups -OCH3 is 1. The molecule has 0 spiro atoms. The number of esters is 1. The van der Waals surface area contributed by atoms with Crippen LogP contribution in [0.15, 0.2) is 24.3 Å². The van der Waals surface area contributed by atoms with Gasteiger partial charge in [-0.25, -0.2) is 9.78 Å². The second-order valence-corrected chi connectivity index (χ2v) is 3.33. The Hall–Kier alpha value is -2.30. The fourth-order valence-electron chi connectivity index (χ4n) is 1.51. The van der Waals surface area contributed by atoms with Crippen molar-refractivity contribution in [1.82, 2.24) is 4.98 Å². The van der Waals surface area contributed by atoms with Crippen LogP contribution in [0, 0.1) is 0 Å². The zero-order chi connectivity index (χ0) is 11.7. The molecule has 4 N–H and O–H groups in total. The molecule has 0 aliphatic rings. The Bertz CT molecular complexity index is 566. The van der Waals surface area contributed by atoms with Gasteiger partial charge in [-0.1, -0.05) is 12.1 Å². The van der Waals surface area contributed by atoms with Crippen LogP contribution >= 0.6 is 0 Å². The van der Waals surface area contributed by atoms with Gasteiger partial charge in [-0.2, -0.15) is 0 Å². The van der Waals surface area contributed by atoms with E-state index in [1.807, 2.05) is 0 Å². The minimum Gasteiger partial charge on any atom is -0.464 e. The number of rotatable bonds is 1. The molecule has 82 valence electrons. The first-order chi connectivity index (χ1) is 7.63. The highest BCUT2D eigenvalue weighted by Gasteiger charge is 2.11.